The molecule has 2 heteroatoms. The van der Waals surface area contributed by atoms with E-state index in [1.165, 1.54) is 0 Å². The van der Waals surface area contributed by atoms with Crippen LogP contribution in [0.25, 0.3) is 0 Å². The Balaban J connectivity index is 0. The summed E-state index contributed by atoms with van der Waals surface area (Å²) < 4.78 is 11.6. The molecule has 0 saturated heterocycles. The molecule has 0 atom stereocenters. The van der Waals surface area contributed by atoms with Crippen LogP contribution in [-0.4, -0.2) is 0 Å². The smallest absolute Gasteiger partial charge is 0.0856 e. The molecule has 0 unspecified atom stereocenters. The highest BCUT2D eigenvalue weighted by atomic mass is 19.1. The van der Waals surface area contributed by atoms with Crippen LogP contribution in [0.4, 0.5) is 4.39 Å². The number of halogens is 1. The van der Waals surface area contributed by atoms with Crippen molar-refractivity contribution in [2.45, 2.75) is 27.2 Å². The molecular formula is C7H16FN. The second-order valence-corrected chi connectivity index (χ2v) is 2.55. The summed E-state index contributed by atoms with van der Waals surface area (Å²) in [6.07, 6.45) is 1.55. The molecule has 0 fully saturated rings. The molecule has 0 spiro atoms. The van der Waals surface area contributed by atoms with E-state index in [2.05, 4.69) is 13.8 Å². The van der Waals surface area contributed by atoms with E-state index in [0.29, 0.717) is 12.2 Å². The lowest BCUT2D eigenvalue weighted by Gasteiger charge is -2.00. The van der Waals surface area contributed by atoms with Crippen LogP contribution < -0.4 is 6.15 Å². The van der Waals surface area contributed by atoms with Gasteiger partial charge in [-0.3, -0.25) is 0 Å². The van der Waals surface area contributed by atoms with Crippen LogP contribution in [0.1, 0.15) is 27.2 Å². The number of hydrogen-bond acceptors (Lipinski definition) is 1. The molecule has 0 aliphatic rings. The molecule has 0 aliphatic heterocycles. The van der Waals surface area contributed by atoms with Crippen molar-refractivity contribution in [1.29, 1.82) is 0 Å². The minimum atomic E-state index is 0. The Morgan fingerprint density at radius 1 is 1.56 bits per heavy atom. The molecule has 0 rings (SSSR count). The molecular weight excluding hydrogens is 117 g/mol. The Labute approximate surface area is 56.5 Å². The fourth-order valence-corrected chi connectivity index (χ4v) is 0.688. The van der Waals surface area contributed by atoms with Gasteiger partial charge in [0, 0.05) is 0 Å². The van der Waals surface area contributed by atoms with Crippen LogP contribution in [0.5, 0.6) is 0 Å². The third kappa shape index (κ3) is 7.63. The average molecular weight is 133 g/mol. The zero-order chi connectivity index (χ0) is 6.57. The maximum Gasteiger partial charge on any atom is 0.0856 e. The maximum absolute atomic E-state index is 11.6. The van der Waals surface area contributed by atoms with E-state index in [9.17, 15) is 4.39 Å². The minimum absolute atomic E-state index is 0. The van der Waals surface area contributed by atoms with Crippen molar-refractivity contribution in [3.05, 3.63) is 11.9 Å². The monoisotopic (exact) mass is 133 g/mol. The summed E-state index contributed by atoms with van der Waals surface area (Å²) in [4.78, 5) is 0. The highest BCUT2D eigenvalue weighted by molar-refractivity contribution is 4.92. The first-order valence-electron chi connectivity index (χ1n) is 2.92. The lowest BCUT2D eigenvalue weighted by Crippen LogP contribution is -1.86. The fourth-order valence-electron chi connectivity index (χ4n) is 0.688. The standard InChI is InChI=1S/C7H13F.H3N/c1-6(2)4-7(3)5-8;/h5-6H,4H2,1-3H3;1H3. The third-order valence-corrected chi connectivity index (χ3v) is 0.916. The molecule has 56 valence electrons. The zero-order valence-corrected chi connectivity index (χ0v) is 6.45. The molecule has 0 saturated carbocycles. The van der Waals surface area contributed by atoms with Crippen molar-refractivity contribution in [2.75, 3.05) is 0 Å². The number of allylic oxidation sites excluding steroid dienone is 1. The molecule has 0 aromatic carbocycles. The summed E-state index contributed by atoms with van der Waals surface area (Å²) in [5, 5.41) is 0. The number of rotatable bonds is 2. The Morgan fingerprint density at radius 2 is 2.00 bits per heavy atom. The zero-order valence-electron chi connectivity index (χ0n) is 6.45. The normalized spacial score (nSPS) is 11.4. The average Bonchev–Trinajstić information content (AvgIpc) is 1.65. The van der Waals surface area contributed by atoms with E-state index in [-0.39, 0.29) is 6.15 Å². The lowest BCUT2D eigenvalue weighted by atomic mass is 10.1. The molecule has 1 nitrogen and oxygen atoms in total. The molecule has 0 aromatic heterocycles. The Hall–Kier alpha value is -0.370. The predicted octanol–water partition coefficient (Wildman–Crippen LogP) is 3.07. The highest BCUT2D eigenvalue weighted by Crippen LogP contribution is 2.08. The number of hydrogen-bond donors (Lipinski definition) is 1. The Bertz CT molecular complexity index is 86.9. The molecule has 0 radical (unpaired) electrons. The first-order chi connectivity index (χ1) is 3.66. The predicted molar refractivity (Wildman–Crippen MR) is 39.3 cm³/mol. The summed E-state index contributed by atoms with van der Waals surface area (Å²) >= 11 is 0. The van der Waals surface area contributed by atoms with Gasteiger partial charge in [0.05, 0.1) is 6.33 Å². The van der Waals surface area contributed by atoms with Gasteiger partial charge in [0.2, 0.25) is 0 Å². The molecule has 0 aliphatic carbocycles. The molecule has 3 N–H and O–H groups in total. The van der Waals surface area contributed by atoms with Gasteiger partial charge >= 0.3 is 0 Å². The van der Waals surface area contributed by atoms with Crippen molar-refractivity contribution < 1.29 is 4.39 Å². The molecule has 0 aromatic rings. The SMILES string of the molecule is CC(=CF)CC(C)C.N. The largest absolute Gasteiger partial charge is 0.344 e. The molecule has 0 heterocycles. The quantitative estimate of drug-likeness (QED) is 0.617. The van der Waals surface area contributed by atoms with Crippen LogP contribution in [0.15, 0.2) is 11.9 Å². The summed E-state index contributed by atoms with van der Waals surface area (Å²) in [5.74, 6) is 0.571. The molecule has 9 heavy (non-hydrogen) atoms. The van der Waals surface area contributed by atoms with Gasteiger partial charge < -0.3 is 6.15 Å². The maximum atomic E-state index is 11.6. The first kappa shape index (κ1) is 11.4. The fraction of sp³-hybridized carbons (Fsp3) is 0.714. The highest BCUT2D eigenvalue weighted by Gasteiger charge is 1.93. The van der Waals surface area contributed by atoms with Crippen LogP contribution >= 0.6 is 0 Å². The summed E-state index contributed by atoms with van der Waals surface area (Å²) in [7, 11) is 0. The van der Waals surface area contributed by atoms with Crippen LogP contribution in [0, 0.1) is 5.92 Å². The van der Waals surface area contributed by atoms with Gasteiger partial charge in [0.15, 0.2) is 0 Å². The minimum Gasteiger partial charge on any atom is -0.344 e. The van der Waals surface area contributed by atoms with E-state index in [1.54, 1.807) is 6.92 Å². The van der Waals surface area contributed by atoms with Crippen molar-refractivity contribution in [3.63, 3.8) is 0 Å². The summed E-state index contributed by atoms with van der Waals surface area (Å²) in [6.45, 7) is 5.96. The topological polar surface area (TPSA) is 35.0 Å². The van der Waals surface area contributed by atoms with E-state index >= 15 is 0 Å². The van der Waals surface area contributed by atoms with Crippen LogP contribution in [0.3, 0.4) is 0 Å². The second kappa shape index (κ2) is 5.76. The van der Waals surface area contributed by atoms with Gasteiger partial charge in [0.25, 0.3) is 0 Å². The second-order valence-electron chi connectivity index (χ2n) is 2.55. The van der Waals surface area contributed by atoms with Crippen molar-refractivity contribution in [1.82, 2.24) is 6.15 Å². The van der Waals surface area contributed by atoms with Crippen molar-refractivity contribution in [3.8, 4) is 0 Å². The summed E-state index contributed by atoms with van der Waals surface area (Å²) in [6, 6.07) is 0. The van der Waals surface area contributed by atoms with E-state index < -0.39 is 0 Å². The Kier molecular flexibility index (Phi) is 7.32. The first-order valence-corrected chi connectivity index (χ1v) is 2.92. The van der Waals surface area contributed by atoms with Crippen molar-refractivity contribution >= 4 is 0 Å². The molecule has 0 bridgehead atoms. The van der Waals surface area contributed by atoms with Gasteiger partial charge in [-0.25, -0.2) is 4.39 Å². The van der Waals surface area contributed by atoms with E-state index in [4.69, 9.17) is 0 Å². The lowest BCUT2D eigenvalue weighted by molar-refractivity contribution is 0.618. The van der Waals surface area contributed by atoms with E-state index in [1.807, 2.05) is 0 Å². The third-order valence-electron chi connectivity index (χ3n) is 0.916. The van der Waals surface area contributed by atoms with Gasteiger partial charge in [-0.2, -0.15) is 0 Å². The van der Waals surface area contributed by atoms with Gasteiger partial charge in [0.1, 0.15) is 0 Å². The van der Waals surface area contributed by atoms with Crippen molar-refractivity contribution in [2.24, 2.45) is 5.92 Å². The van der Waals surface area contributed by atoms with Crippen LogP contribution in [-0.2, 0) is 0 Å². The van der Waals surface area contributed by atoms with Crippen LogP contribution in [0.2, 0.25) is 0 Å². The summed E-state index contributed by atoms with van der Waals surface area (Å²) in [5.41, 5.74) is 0.833. The van der Waals surface area contributed by atoms with E-state index in [0.717, 1.165) is 12.0 Å². The Morgan fingerprint density at radius 3 is 2.11 bits per heavy atom. The van der Waals surface area contributed by atoms with Gasteiger partial charge in [-0.05, 0) is 24.8 Å². The van der Waals surface area contributed by atoms with Gasteiger partial charge in [-0.15, -0.1) is 0 Å². The van der Waals surface area contributed by atoms with Gasteiger partial charge in [-0.1, -0.05) is 13.8 Å². The molecule has 0 amide bonds.